The summed E-state index contributed by atoms with van der Waals surface area (Å²) in [5.74, 6) is 0.0224. The first-order chi connectivity index (χ1) is 8.13. The van der Waals surface area contributed by atoms with Crippen LogP contribution < -0.4 is 5.73 Å². The van der Waals surface area contributed by atoms with Crippen LogP contribution in [0.4, 0.5) is 0 Å². The molecular weight excluding hydrogens is 238 g/mol. The van der Waals surface area contributed by atoms with Crippen LogP contribution >= 0.6 is 0 Å². The molecule has 0 spiro atoms. The SMILES string of the molecule is NCCS(=O)(=O)N(Cc1ccncc1)C1CC1. The Balaban J connectivity index is 2.13. The number of hydrogen-bond donors (Lipinski definition) is 1. The summed E-state index contributed by atoms with van der Waals surface area (Å²) in [6.45, 7) is 0.595. The Kier molecular flexibility index (Phi) is 3.76. The fraction of sp³-hybridized carbons (Fsp3) is 0.545. The summed E-state index contributed by atoms with van der Waals surface area (Å²) in [6.07, 6.45) is 5.26. The Morgan fingerprint density at radius 1 is 1.35 bits per heavy atom. The maximum absolute atomic E-state index is 12.0. The third-order valence-electron chi connectivity index (χ3n) is 2.78. The first kappa shape index (κ1) is 12.5. The summed E-state index contributed by atoms with van der Waals surface area (Å²) in [6, 6.07) is 3.85. The van der Waals surface area contributed by atoms with Crippen molar-refractivity contribution >= 4 is 10.0 Å². The quantitative estimate of drug-likeness (QED) is 0.795. The van der Waals surface area contributed by atoms with Gasteiger partial charge in [-0.1, -0.05) is 0 Å². The number of rotatable bonds is 6. The van der Waals surface area contributed by atoms with Crippen LogP contribution in [0.3, 0.4) is 0 Å². The number of pyridine rings is 1. The molecule has 2 N–H and O–H groups in total. The molecule has 1 saturated carbocycles. The van der Waals surface area contributed by atoms with E-state index in [-0.39, 0.29) is 18.3 Å². The van der Waals surface area contributed by atoms with Crippen molar-refractivity contribution in [3.05, 3.63) is 30.1 Å². The van der Waals surface area contributed by atoms with Crippen molar-refractivity contribution in [1.82, 2.24) is 9.29 Å². The standard InChI is InChI=1S/C11H17N3O2S/c12-5-8-17(15,16)14(11-1-2-11)9-10-3-6-13-7-4-10/h3-4,6-7,11H,1-2,5,8-9,12H2. The van der Waals surface area contributed by atoms with Crippen LogP contribution in [0, 0.1) is 0 Å². The van der Waals surface area contributed by atoms with E-state index < -0.39 is 10.0 Å². The molecule has 6 heteroatoms. The second-order valence-electron chi connectivity index (χ2n) is 4.24. The first-order valence-corrected chi connectivity index (χ1v) is 7.33. The third-order valence-corrected chi connectivity index (χ3v) is 4.67. The van der Waals surface area contributed by atoms with Gasteiger partial charge in [-0.15, -0.1) is 0 Å². The molecule has 94 valence electrons. The number of nitrogens with zero attached hydrogens (tertiary/aromatic N) is 2. The minimum atomic E-state index is -3.22. The average molecular weight is 255 g/mol. The largest absolute Gasteiger partial charge is 0.329 e. The molecule has 17 heavy (non-hydrogen) atoms. The Morgan fingerprint density at radius 2 is 2.00 bits per heavy atom. The predicted molar refractivity (Wildman–Crippen MR) is 65.6 cm³/mol. The third kappa shape index (κ3) is 3.24. The van der Waals surface area contributed by atoms with Gasteiger partial charge in [-0.3, -0.25) is 4.98 Å². The Morgan fingerprint density at radius 3 is 2.53 bits per heavy atom. The van der Waals surface area contributed by atoms with Gasteiger partial charge in [0.2, 0.25) is 10.0 Å². The van der Waals surface area contributed by atoms with Crippen molar-refractivity contribution in [3.63, 3.8) is 0 Å². The molecule has 1 fully saturated rings. The van der Waals surface area contributed by atoms with Crippen molar-refractivity contribution in [2.45, 2.75) is 25.4 Å². The van der Waals surface area contributed by atoms with Crippen LogP contribution in [0.2, 0.25) is 0 Å². The minimum absolute atomic E-state index is 0.0224. The van der Waals surface area contributed by atoms with E-state index in [1.54, 1.807) is 16.7 Å². The second-order valence-corrected chi connectivity index (χ2v) is 6.28. The van der Waals surface area contributed by atoms with E-state index in [0.717, 1.165) is 18.4 Å². The topological polar surface area (TPSA) is 76.3 Å². The second kappa shape index (κ2) is 5.12. The van der Waals surface area contributed by atoms with Crippen molar-refractivity contribution in [1.29, 1.82) is 0 Å². The minimum Gasteiger partial charge on any atom is -0.329 e. The van der Waals surface area contributed by atoms with E-state index in [1.807, 2.05) is 12.1 Å². The maximum Gasteiger partial charge on any atom is 0.215 e. The van der Waals surface area contributed by atoms with Gasteiger partial charge in [-0.2, -0.15) is 4.31 Å². The molecular formula is C11H17N3O2S. The zero-order valence-corrected chi connectivity index (χ0v) is 10.4. The lowest BCUT2D eigenvalue weighted by Crippen LogP contribution is -2.36. The van der Waals surface area contributed by atoms with Gasteiger partial charge in [-0.25, -0.2) is 8.42 Å². The molecule has 5 nitrogen and oxygen atoms in total. The smallest absolute Gasteiger partial charge is 0.215 e. The molecule has 1 aliphatic carbocycles. The number of sulfonamides is 1. The lowest BCUT2D eigenvalue weighted by atomic mass is 10.3. The molecule has 0 aromatic carbocycles. The van der Waals surface area contributed by atoms with Crippen LogP contribution in [0.1, 0.15) is 18.4 Å². The lowest BCUT2D eigenvalue weighted by Gasteiger charge is -2.21. The van der Waals surface area contributed by atoms with Gasteiger partial charge in [-0.05, 0) is 30.5 Å². The molecule has 0 unspecified atom stereocenters. The van der Waals surface area contributed by atoms with Gasteiger partial charge in [0.25, 0.3) is 0 Å². The highest BCUT2D eigenvalue weighted by Gasteiger charge is 2.36. The number of aromatic nitrogens is 1. The summed E-state index contributed by atoms with van der Waals surface area (Å²) in [5.41, 5.74) is 6.32. The van der Waals surface area contributed by atoms with Crippen LogP contribution in [0.5, 0.6) is 0 Å². The van der Waals surface area contributed by atoms with E-state index in [0.29, 0.717) is 6.54 Å². The molecule has 0 aliphatic heterocycles. The van der Waals surface area contributed by atoms with Crippen LogP contribution in [-0.2, 0) is 16.6 Å². The molecule has 0 amide bonds. The summed E-state index contributed by atoms with van der Waals surface area (Å²) in [4.78, 5) is 3.92. The van der Waals surface area contributed by atoms with Crippen molar-refractivity contribution in [2.24, 2.45) is 5.73 Å². The van der Waals surface area contributed by atoms with Crippen molar-refractivity contribution in [3.8, 4) is 0 Å². The van der Waals surface area contributed by atoms with E-state index in [2.05, 4.69) is 4.98 Å². The zero-order chi connectivity index (χ0) is 12.3. The van der Waals surface area contributed by atoms with E-state index in [9.17, 15) is 8.42 Å². The van der Waals surface area contributed by atoms with Gasteiger partial charge >= 0.3 is 0 Å². The summed E-state index contributed by atoms with van der Waals surface area (Å²) >= 11 is 0. The van der Waals surface area contributed by atoms with E-state index in [1.165, 1.54) is 0 Å². The monoisotopic (exact) mass is 255 g/mol. The molecule has 0 atom stereocenters. The van der Waals surface area contributed by atoms with Gasteiger partial charge in [0.05, 0.1) is 5.75 Å². The number of hydrogen-bond acceptors (Lipinski definition) is 4. The van der Waals surface area contributed by atoms with Crippen LogP contribution in [0.15, 0.2) is 24.5 Å². The van der Waals surface area contributed by atoms with Gasteiger partial charge in [0.1, 0.15) is 0 Å². The average Bonchev–Trinajstić information content (AvgIpc) is 3.11. The first-order valence-electron chi connectivity index (χ1n) is 5.72. The molecule has 1 aromatic rings. The fourth-order valence-electron chi connectivity index (χ4n) is 1.75. The zero-order valence-electron chi connectivity index (χ0n) is 9.62. The molecule has 0 bridgehead atoms. The van der Waals surface area contributed by atoms with E-state index in [4.69, 9.17) is 5.73 Å². The summed E-state index contributed by atoms with van der Waals surface area (Å²) in [7, 11) is -3.22. The van der Waals surface area contributed by atoms with Gasteiger partial charge in [0, 0.05) is 31.5 Å². The fourth-order valence-corrected chi connectivity index (χ4v) is 3.29. The Hall–Kier alpha value is -0.980. The van der Waals surface area contributed by atoms with Crippen molar-refractivity contribution in [2.75, 3.05) is 12.3 Å². The lowest BCUT2D eigenvalue weighted by molar-refractivity contribution is 0.399. The predicted octanol–water partition coefficient (Wildman–Crippen LogP) is 0.335. The van der Waals surface area contributed by atoms with Crippen LogP contribution in [-0.4, -0.2) is 36.0 Å². The molecule has 0 saturated heterocycles. The van der Waals surface area contributed by atoms with E-state index >= 15 is 0 Å². The van der Waals surface area contributed by atoms with Gasteiger partial charge in [0.15, 0.2) is 0 Å². The Labute approximate surface area is 102 Å². The molecule has 1 aliphatic rings. The Bertz CT molecular complexity index is 457. The van der Waals surface area contributed by atoms with Crippen molar-refractivity contribution < 1.29 is 8.42 Å². The van der Waals surface area contributed by atoms with Gasteiger partial charge < -0.3 is 5.73 Å². The summed E-state index contributed by atoms with van der Waals surface area (Å²) in [5, 5.41) is 0. The molecule has 0 radical (unpaired) electrons. The molecule has 1 aromatic heterocycles. The molecule has 1 heterocycles. The van der Waals surface area contributed by atoms with Crippen LogP contribution in [0.25, 0.3) is 0 Å². The highest BCUT2D eigenvalue weighted by Crippen LogP contribution is 2.30. The highest BCUT2D eigenvalue weighted by molar-refractivity contribution is 7.89. The number of nitrogens with two attached hydrogens (primary N) is 1. The summed E-state index contributed by atoms with van der Waals surface area (Å²) < 4.78 is 25.7. The highest BCUT2D eigenvalue weighted by atomic mass is 32.2. The maximum atomic E-state index is 12.0. The molecule has 2 rings (SSSR count). The normalized spacial score (nSPS) is 16.4.